The normalized spacial score (nSPS) is 11.4. The summed E-state index contributed by atoms with van der Waals surface area (Å²) in [4.78, 5) is 77.1. The largest absolute Gasteiger partial charge is 0.443 e. The molecule has 17 heteroatoms. The van der Waals surface area contributed by atoms with Gasteiger partial charge < -0.3 is 14.5 Å². The van der Waals surface area contributed by atoms with E-state index in [4.69, 9.17) is 9.47 Å². The summed E-state index contributed by atoms with van der Waals surface area (Å²) in [5.41, 5.74) is -0.117. The van der Waals surface area contributed by atoms with E-state index in [1.54, 1.807) is 51.4 Å². The number of halogens is 1. The number of hydrogen-bond acceptors (Lipinski definition) is 9. The Balaban J connectivity index is 0.000000219. The number of carbonyl (C=O) groups is 1. The van der Waals surface area contributed by atoms with Crippen LogP contribution in [0, 0.1) is 0 Å². The maximum Gasteiger partial charge on any atom is 0.418 e. The van der Waals surface area contributed by atoms with Crippen molar-refractivity contribution in [2.75, 3.05) is 0 Å². The summed E-state index contributed by atoms with van der Waals surface area (Å²) in [6.07, 6.45) is 2.94. The topological polar surface area (TPSA) is 201 Å². The van der Waals surface area contributed by atoms with Gasteiger partial charge in [-0.2, -0.15) is 5.10 Å². The van der Waals surface area contributed by atoms with E-state index in [0.717, 1.165) is 42.2 Å². The molecule has 0 aliphatic heterocycles. The van der Waals surface area contributed by atoms with Crippen LogP contribution in [-0.2, 0) is 35.9 Å². The number of benzene rings is 3. The lowest BCUT2D eigenvalue weighted by Gasteiger charge is -2.19. The van der Waals surface area contributed by atoms with Crippen molar-refractivity contribution >= 4 is 43.8 Å². The molecule has 3 N–H and O–H groups in total. The van der Waals surface area contributed by atoms with Crippen LogP contribution in [0.15, 0.2) is 120 Å². The molecule has 54 heavy (non-hydrogen) atoms. The van der Waals surface area contributed by atoms with Crippen LogP contribution in [0.25, 0.3) is 21.8 Å². The van der Waals surface area contributed by atoms with Gasteiger partial charge in [0.15, 0.2) is 4.60 Å². The molecule has 0 saturated carbocycles. The Morgan fingerprint density at radius 3 is 2.30 bits per heavy atom. The lowest BCUT2D eigenvalue weighted by atomic mass is 10.1. The number of nitrogens with one attached hydrogen (secondary N) is 3. The Labute approximate surface area is 313 Å². The predicted octanol–water partition coefficient (Wildman–Crippen LogP) is 3.88. The second-order valence-electron chi connectivity index (χ2n) is 13.1. The quantitative estimate of drug-likeness (QED) is 0.191. The van der Waals surface area contributed by atoms with E-state index in [1.807, 2.05) is 65.6 Å². The standard InChI is InChI=1S/C25H25BrN4O5.C12H10N4O3/c1-25(2,3)35-24(33)28-13-12-19-18(10-7-11-20(19)28)14-30-23(32)29(22(31)21(26)27-30)16-34-15-17-8-5-4-6-9-17;17-10-11(18)15-16(12(19)14-10)6-7-2-1-3-9-8(7)4-5-13-9/h4-13H,14-16H2,1-3H3;1-5,13H,6H2,(H,15,18)(H,14,17,19). The summed E-state index contributed by atoms with van der Waals surface area (Å²) in [5.74, 6) is 0. The molecule has 0 radical (unpaired) electrons. The van der Waals surface area contributed by atoms with E-state index in [-0.39, 0.29) is 31.0 Å². The molecule has 16 nitrogen and oxygen atoms in total. The van der Waals surface area contributed by atoms with E-state index in [2.05, 4.69) is 31.1 Å². The molecule has 278 valence electrons. The lowest BCUT2D eigenvalue weighted by Crippen LogP contribution is -2.43. The van der Waals surface area contributed by atoms with Crippen molar-refractivity contribution in [2.45, 2.75) is 52.8 Å². The van der Waals surface area contributed by atoms with Gasteiger partial charge >= 0.3 is 28.6 Å². The highest BCUT2D eigenvalue weighted by atomic mass is 79.9. The number of nitrogens with zero attached hydrogens (tertiary/aromatic N) is 5. The highest BCUT2D eigenvalue weighted by molar-refractivity contribution is 9.10. The van der Waals surface area contributed by atoms with Gasteiger partial charge in [0.05, 0.1) is 25.2 Å². The van der Waals surface area contributed by atoms with Crippen LogP contribution in [0.4, 0.5) is 4.79 Å². The van der Waals surface area contributed by atoms with Gasteiger partial charge in [-0.3, -0.25) is 29.0 Å². The average Bonchev–Trinajstić information content (AvgIpc) is 3.80. The zero-order valence-corrected chi connectivity index (χ0v) is 31.0. The number of aromatic amines is 3. The Morgan fingerprint density at radius 2 is 1.56 bits per heavy atom. The average molecular weight is 800 g/mol. The summed E-state index contributed by atoms with van der Waals surface area (Å²) in [7, 11) is 0. The maximum atomic E-state index is 13.1. The number of carbonyl (C=O) groups excluding carboxylic acids is 1. The molecule has 0 saturated heterocycles. The number of ether oxygens (including phenoxy) is 2. The van der Waals surface area contributed by atoms with E-state index >= 15 is 0 Å². The third-order valence-corrected chi connectivity index (χ3v) is 8.57. The van der Waals surface area contributed by atoms with Gasteiger partial charge in [0.1, 0.15) is 12.3 Å². The molecule has 0 fully saturated rings. The first-order chi connectivity index (χ1) is 25.8. The van der Waals surface area contributed by atoms with Gasteiger partial charge in [-0.15, -0.1) is 0 Å². The lowest BCUT2D eigenvalue weighted by molar-refractivity contribution is 0.0544. The highest BCUT2D eigenvalue weighted by Gasteiger charge is 2.20. The Morgan fingerprint density at radius 1 is 0.833 bits per heavy atom. The molecule has 0 aliphatic carbocycles. The van der Waals surface area contributed by atoms with E-state index in [1.165, 1.54) is 9.25 Å². The highest BCUT2D eigenvalue weighted by Crippen LogP contribution is 2.22. The fourth-order valence-electron chi connectivity index (χ4n) is 5.59. The third-order valence-electron chi connectivity index (χ3n) is 8.07. The van der Waals surface area contributed by atoms with Crippen molar-refractivity contribution in [3.05, 3.63) is 165 Å². The molecule has 0 bridgehead atoms. The number of H-pyrrole nitrogens is 3. The molecular formula is C37H35BrN8O8. The summed E-state index contributed by atoms with van der Waals surface area (Å²) in [6, 6.07) is 24.2. The zero-order valence-electron chi connectivity index (χ0n) is 29.4. The van der Waals surface area contributed by atoms with Gasteiger partial charge in [-0.05, 0) is 77.7 Å². The van der Waals surface area contributed by atoms with Gasteiger partial charge in [-0.1, -0.05) is 54.6 Å². The van der Waals surface area contributed by atoms with Gasteiger partial charge in [0.25, 0.3) is 5.56 Å². The summed E-state index contributed by atoms with van der Waals surface area (Å²) >= 11 is 3.16. The minimum atomic E-state index is -0.943. The van der Waals surface area contributed by atoms with Crippen molar-refractivity contribution < 1.29 is 14.3 Å². The molecule has 4 aromatic heterocycles. The summed E-state index contributed by atoms with van der Waals surface area (Å²) < 4.78 is 15.8. The SMILES string of the molecule is CC(C)(C)OC(=O)n1ccc2c(Cn3nc(Br)c(=O)n(COCc4ccccc4)c3=O)cccc21.O=c1[nH]c(=O)n(Cc2cccc3[nH]ccc23)[nH]c1=O. The molecule has 3 aromatic carbocycles. The number of fused-ring (bicyclic) bond motifs is 2. The molecule has 0 aliphatic rings. The second-order valence-corrected chi connectivity index (χ2v) is 13.8. The first-order valence-electron chi connectivity index (χ1n) is 16.6. The minimum Gasteiger partial charge on any atom is -0.443 e. The van der Waals surface area contributed by atoms with Crippen LogP contribution in [0.2, 0.25) is 0 Å². The maximum absolute atomic E-state index is 13.1. The monoisotopic (exact) mass is 798 g/mol. The fraction of sp³-hybridized carbons (Fsp3) is 0.216. The van der Waals surface area contributed by atoms with Crippen molar-refractivity contribution in [3.8, 4) is 0 Å². The van der Waals surface area contributed by atoms with Crippen LogP contribution in [-0.4, -0.2) is 50.4 Å². The Bertz CT molecular complexity index is 2770. The van der Waals surface area contributed by atoms with Crippen molar-refractivity contribution in [1.82, 2.24) is 38.7 Å². The van der Waals surface area contributed by atoms with E-state index in [9.17, 15) is 28.8 Å². The van der Waals surface area contributed by atoms with Crippen molar-refractivity contribution in [1.29, 1.82) is 0 Å². The minimum absolute atomic E-state index is 0.00101. The zero-order chi connectivity index (χ0) is 38.6. The van der Waals surface area contributed by atoms with E-state index in [0.29, 0.717) is 5.52 Å². The van der Waals surface area contributed by atoms with Gasteiger partial charge in [0, 0.05) is 28.7 Å². The fourth-order valence-corrected chi connectivity index (χ4v) is 6.00. The van der Waals surface area contributed by atoms with Crippen molar-refractivity contribution in [2.24, 2.45) is 0 Å². The molecule has 7 aromatic rings. The molecule has 7 rings (SSSR count). The van der Waals surface area contributed by atoms with Gasteiger partial charge in [0.2, 0.25) is 0 Å². The number of aromatic nitrogens is 8. The molecule has 0 atom stereocenters. The smallest absolute Gasteiger partial charge is 0.418 e. The molecule has 0 spiro atoms. The number of hydrogen-bond donors (Lipinski definition) is 3. The summed E-state index contributed by atoms with van der Waals surface area (Å²) in [6.45, 7) is 5.71. The van der Waals surface area contributed by atoms with E-state index < -0.39 is 39.8 Å². The van der Waals surface area contributed by atoms with Crippen molar-refractivity contribution in [3.63, 3.8) is 0 Å². The number of rotatable bonds is 8. The third kappa shape index (κ3) is 8.48. The first-order valence-corrected chi connectivity index (χ1v) is 17.4. The van der Waals surface area contributed by atoms with Crippen LogP contribution < -0.4 is 28.1 Å². The first kappa shape index (κ1) is 37.4. The molecule has 0 unspecified atom stereocenters. The molecule has 0 amide bonds. The van der Waals surface area contributed by atoms with Crippen LogP contribution in [0.3, 0.4) is 0 Å². The van der Waals surface area contributed by atoms with Crippen LogP contribution in [0.1, 0.15) is 37.5 Å². The Hall–Kier alpha value is -6.33. The second kappa shape index (κ2) is 15.7. The molecule has 4 heterocycles. The van der Waals surface area contributed by atoms with Gasteiger partial charge in [-0.25, -0.2) is 28.3 Å². The summed E-state index contributed by atoms with van der Waals surface area (Å²) in [5, 5.41) is 8.09. The predicted molar refractivity (Wildman–Crippen MR) is 204 cm³/mol. The van der Waals surface area contributed by atoms with Crippen LogP contribution >= 0.6 is 15.9 Å². The molecular weight excluding hydrogens is 764 g/mol. The Kier molecular flexibility index (Phi) is 10.9. The van der Waals surface area contributed by atoms with Crippen LogP contribution in [0.5, 0.6) is 0 Å².